The maximum Gasteiger partial charge on any atom is 0.129 e. The number of anilines is 1. The number of hydrogen-bond acceptors (Lipinski definition) is 4. The first-order chi connectivity index (χ1) is 10.2. The third-order valence-electron chi connectivity index (χ3n) is 4.32. The van der Waals surface area contributed by atoms with Crippen LogP contribution in [0.4, 0.5) is 5.82 Å². The third kappa shape index (κ3) is 4.17. The van der Waals surface area contributed by atoms with Gasteiger partial charge in [0.25, 0.3) is 0 Å². The third-order valence-corrected chi connectivity index (χ3v) is 4.32. The predicted octanol–water partition coefficient (Wildman–Crippen LogP) is 2.83. The summed E-state index contributed by atoms with van der Waals surface area (Å²) in [5.41, 5.74) is 1.91. The first kappa shape index (κ1) is 16.2. The van der Waals surface area contributed by atoms with Crippen molar-refractivity contribution in [3.63, 3.8) is 0 Å². The average Bonchev–Trinajstić information content (AvgIpc) is 2.52. The highest BCUT2D eigenvalue weighted by molar-refractivity contribution is 5.44. The lowest BCUT2D eigenvalue weighted by Crippen LogP contribution is -2.39. The molecule has 0 aromatic carbocycles. The Balaban J connectivity index is 2.31. The summed E-state index contributed by atoms with van der Waals surface area (Å²) in [6.07, 6.45) is 6.15. The lowest BCUT2D eigenvalue weighted by molar-refractivity contribution is 0.281. The van der Waals surface area contributed by atoms with Gasteiger partial charge in [0.2, 0.25) is 0 Å². The fourth-order valence-electron chi connectivity index (χ4n) is 3.11. The number of aliphatic hydroxyl groups is 2. The van der Waals surface area contributed by atoms with Crippen molar-refractivity contribution in [2.75, 3.05) is 18.1 Å². The molecule has 0 unspecified atom stereocenters. The zero-order valence-corrected chi connectivity index (χ0v) is 13.3. The van der Waals surface area contributed by atoms with E-state index in [0.29, 0.717) is 18.5 Å². The van der Waals surface area contributed by atoms with Gasteiger partial charge in [-0.25, -0.2) is 4.98 Å². The van der Waals surface area contributed by atoms with Crippen molar-refractivity contribution < 1.29 is 10.2 Å². The summed E-state index contributed by atoms with van der Waals surface area (Å²) in [4.78, 5) is 7.02. The zero-order chi connectivity index (χ0) is 15.2. The highest BCUT2D eigenvalue weighted by Crippen LogP contribution is 2.28. The van der Waals surface area contributed by atoms with E-state index >= 15 is 0 Å². The molecule has 1 heterocycles. The van der Waals surface area contributed by atoms with Gasteiger partial charge in [-0.15, -0.1) is 0 Å². The molecule has 118 valence electrons. The molecule has 1 saturated carbocycles. The van der Waals surface area contributed by atoms with Crippen LogP contribution in [0.25, 0.3) is 0 Å². The van der Waals surface area contributed by atoms with E-state index < -0.39 is 0 Å². The molecular formula is C17H28N2O2. The molecule has 2 rings (SSSR count). The van der Waals surface area contributed by atoms with Gasteiger partial charge in [0.1, 0.15) is 5.82 Å². The molecule has 1 aromatic heterocycles. The van der Waals surface area contributed by atoms with Crippen molar-refractivity contribution in [2.45, 2.75) is 64.5 Å². The van der Waals surface area contributed by atoms with Gasteiger partial charge < -0.3 is 15.1 Å². The van der Waals surface area contributed by atoms with Crippen molar-refractivity contribution in [3.8, 4) is 0 Å². The summed E-state index contributed by atoms with van der Waals surface area (Å²) in [6, 6.07) is 4.41. The fraction of sp³-hybridized carbons (Fsp3) is 0.706. The van der Waals surface area contributed by atoms with Crippen LogP contribution in [0.1, 0.15) is 63.1 Å². The maximum absolute atomic E-state index is 9.49. The molecule has 0 saturated heterocycles. The van der Waals surface area contributed by atoms with Crippen LogP contribution < -0.4 is 4.90 Å². The molecule has 0 atom stereocenters. The number of aliphatic hydroxyl groups excluding tert-OH is 2. The zero-order valence-electron chi connectivity index (χ0n) is 13.3. The van der Waals surface area contributed by atoms with E-state index in [1.165, 1.54) is 32.1 Å². The SMILES string of the molecule is CC(C)c1cc(CO)cc(N(CCO)C2CCCCC2)n1. The molecule has 1 aromatic rings. The smallest absolute Gasteiger partial charge is 0.129 e. The lowest BCUT2D eigenvalue weighted by atomic mass is 9.94. The van der Waals surface area contributed by atoms with Gasteiger partial charge in [-0.05, 0) is 36.5 Å². The summed E-state index contributed by atoms with van der Waals surface area (Å²) in [5.74, 6) is 1.24. The molecule has 4 nitrogen and oxygen atoms in total. The Morgan fingerprint density at radius 1 is 1.19 bits per heavy atom. The van der Waals surface area contributed by atoms with E-state index in [1.807, 2.05) is 12.1 Å². The lowest BCUT2D eigenvalue weighted by Gasteiger charge is -2.35. The Hall–Kier alpha value is -1.13. The standard InChI is InChI=1S/C17H28N2O2/c1-13(2)16-10-14(12-21)11-17(18-16)19(8-9-20)15-6-4-3-5-7-15/h10-11,13,15,20-21H,3-9,12H2,1-2H3. The van der Waals surface area contributed by atoms with Gasteiger partial charge in [0, 0.05) is 18.3 Å². The van der Waals surface area contributed by atoms with Gasteiger partial charge in [0.15, 0.2) is 0 Å². The second kappa shape index (κ2) is 7.76. The van der Waals surface area contributed by atoms with Crippen molar-refractivity contribution >= 4 is 5.82 Å². The van der Waals surface area contributed by atoms with E-state index in [1.54, 1.807) is 0 Å². The second-order valence-electron chi connectivity index (χ2n) is 6.28. The van der Waals surface area contributed by atoms with E-state index in [4.69, 9.17) is 4.98 Å². The van der Waals surface area contributed by atoms with E-state index in [2.05, 4.69) is 18.7 Å². The minimum absolute atomic E-state index is 0.0346. The highest BCUT2D eigenvalue weighted by atomic mass is 16.3. The molecule has 0 amide bonds. The first-order valence-electron chi connectivity index (χ1n) is 8.15. The van der Waals surface area contributed by atoms with Crippen molar-refractivity contribution in [1.29, 1.82) is 0 Å². The number of rotatable bonds is 6. The van der Waals surface area contributed by atoms with E-state index in [-0.39, 0.29) is 13.2 Å². The summed E-state index contributed by atoms with van der Waals surface area (Å²) < 4.78 is 0. The number of nitrogens with zero attached hydrogens (tertiary/aromatic N) is 2. The Morgan fingerprint density at radius 2 is 1.90 bits per heavy atom. The van der Waals surface area contributed by atoms with Gasteiger partial charge >= 0.3 is 0 Å². The van der Waals surface area contributed by atoms with Crippen molar-refractivity contribution in [2.24, 2.45) is 0 Å². The molecule has 21 heavy (non-hydrogen) atoms. The molecule has 0 radical (unpaired) electrons. The van der Waals surface area contributed by atoms with Crippen LogP contribution in [-0.2, 0) is 6.61 Å². The van der Waals surface area contributed by atoms with E-state index in [0.717, 1.165) is 17.1 Å². The summed E-state index contributed by atoms with van der Waals surface area (Å²) >= 11 is 0. The monoisotopic (exact) mass is 292 g/mol. The van der Waals surface area contributed by atoms with Gasteiger partial charge in [-0.1, -0.05) is 33.1 Å². The normalized spacial score (nSPS) is 16.4. The van der Waals surface area contributed by atoms with Crippen molar-refractivity contribution in [3.05, 3.63) is 23.4 Å². The largest absolute Gasteiger partial charge is 0.395 e. The quantitative estimate of drug-likeness (QED) is 0.846. The first-order valence-corrected chi connectivity index (χ1v) is 8.15. The maximum atomic E-state index is 9.49. The molecular weight excluding hydrogens is 264 g/mol. The Morgan fingerprint density at radius 3 is 2.48 bits per heavy atom. The molecule has 0 spiro atoms. The van der Waals surface area contributed by atoms with Crippen LogP contribution in [-0.4, -0.2) is 34.4 Å². The Bertz CT molecular complexity index is 442. The van der Waals surface area contributed by atoms with Gasteiger partial charge in [0.05, 0.1) is 13.2 Å². The Kier molecular flexibility index (Phi) is 6.00. The summed E-state index contributed by atoms with van der Waals surface area (Å²) in [5, 5.41) is 18.9. The van der Waals surface area contributed by atoms with Crippen LogP contribution in [0.15, 0.2) is 12.1 Å². The molecule has 1 fully saturated rings. The predicted molar refractivity (Wildman–Crippen MR) is 85.6 cm³/mol. The molecule has 0 aliphatic heterocycles. The molecule has 2 N–H and O–H groups in total. The van der Waals surface area contributed by atoms with Crippen LogP contribution in [0, 0.1) is 0 Å². The Labute approximate surface area is 127 Å². The van der Waals surface area contributed by atoms with Crippen LogP contribution in [0.2, 0.25) is 0 Å². The van der Waals surface area contributed by atoms with Crippen LogP contribution in [0.3, 0.4) is 0 Å². The molecule has 1 aliphatic carbocycles. The number of aromatic nitrogens is 1. The minimum Gasteiger partial charge on any atom is -0.395 e. The summed E-state index contributed by atoms with van der Waals surface area (Å²) in [7, 11) is 0. The van der Waals surface area contributed by atoms with E-state index in [9.17, 15) is 10.2 Å². The summed E-state index contributed by atoms with van der Waals surface area (Å²) in [6.45, 7) is 5.02. The van der Waals surface area contributed by atoms with Crippen LogP contribution >= 0.6 is 0 Å². The van der Waals surface area contributed by atoms with Crippen LogP contribution in [0.5, 0.6) is 0 Å². The topological polar surface area (TPSA) is 56.6 Å². The fourth-order valence-corrected chi connectivity index (χ4v) is 3.11. The van der Waals surface area contributed by atoms with Gasteiger partial charge in [-0.2, -0.15) is 0 Å². The number of hydrogen-bond donors (Lipinski definition) is 2. The second-order valence-corrected chi connectivity index (χ2v) is 6.28. The number of pyridine rings is 1. The molecule has 4 heteroatoms. The minimum atomic E-state index is 0.0346. The molecule has 1 aliphatic rings. The average molecular weight is 292 g/mol. The molecule has 0 bridgehead atoms. The highest BCUT2D eigenvalue weighted by Gasteiger charge is 2.23. The van der Waals surface area contributed by atoms with Crippen molar-refractivity contribution in [1.82, 2.24) is 4.98 Å². The van der Waals surface area contributed by atoms with Gasteiger partial charge in [-0.3, -0.25) is 0 Å².